The molecule has 1 heterocycles. The summed E-state index contributed by atoms with van der Waals surface area (Å²) in [6.45, 7) is 3.77. The van der Waals surface area contributed by atoms with Crippen LogP contribution in [0.1, 0.15) is 45.1 Å². The van der Waals surface area contributed by atoms with Gasteiger partial charge in [-0.3, -0.25) is 14.7 Å². The van der Waals surface area contributed by atoms with E-state index in [0.717, 1.165) is 11.1 Å². The van der Waals surface area contributed by atoms with E-state index in [0.29, 0.717) is 0 Å². The maximum absolute atomic E-state index is 12.5. The second kappa shape index (κ2) is 6.40. The van der Waals surface area contributed by atoms with Crippen molar-refractivity contribution in [1.82, 2.24) is 15.3 Å². The molecule has 0 aliphatic heterocycles. The summed E-state index contributed by atoms with van der Waals surface area (Å²) in [5.41, 5.74) is 1.80. The van der Waals surface area contributed by atoms with Crippen LogP contribution in [0.3, 0.4) is 0 Å². The van der Waals surface area contributed by atoms with E-state index in [9.17, 15) is 9.59 Å². The van der Waals surface area contributed by atoms with Crippen molar-refractivity contribution in [3.05, 3.63) is 52.8 Å². The molecule has 116 valence electrons. The van der Waals surface area contributed by atoms with Gasteiger partial charge in [0.25, 0.3) is 5.91 Å². The van der Waals surface area contributed by atoms with Crippen molar-refractivity contribution < 1.29 is 19.5 Å². The molecule has 0 saturated heterocycles. The molecule has 0 bridgehead atoms. The van der Waals surface area contributed by atoms with Crippen LogP contribution in [-0.4, -0.2) is 39.4 Å². The molecule has 2 aromatic rings. The Morgan fingerprint density at radius 2 is 2.05 bits per heavy atom. The lowest BCUT2D eigenvalue weighted by Gasteiger charge is -2.27. The Labute approximate surface area is 127 Å². The number of nitrogens with one attached hydrogen (secondary N) is 1. The van der Waals surface area contributed by atoms with Gasteiger partial charge in [-0.2, -0.15) is 5.10 Å². The summed E-state index contributed by atoms with van der Waals surface area (Å²) >= 11 is 0. The Morgan fingerprint density at radius 1 is 1.36 bits per heavy atom. The number of rotatable bonds is 5. The molecule has 2 N–H and O–H groups in total. The predicted octanol–water partition coefficient (Wildman–Crippen LogP) is 2.18. The fourth-order valence-corrected chi connectivity index (χ4v) is 2.25. The van der Waals surface area contributed by atoms with Crippen LogP contribution < -0.4 is 0 Å². The third kappa shape index (κ3) is 2.99. The summed E-state index contributed by atoms with van der Waals surface area (Å²) in [6, 6.07) is 8.49. The maximum atomic E-state index is 12.5. The highest BCUT2D eigenvalue weighted by Crippen LogP contribution is 2.24. The number of aromatic amines is 1. The first kappa shape index (κ1) is 15.7. The number of carboxylic acid groups (broad SMARTS) is 1. The summed E-state index contributed by atoms with van der Waals surface area (Å²) in [6.07, 6.45) is 0. The van der Waals surface area contributed by atoms with Crippen LogP contribution in [0.15, 0.2) is 30.3 Å². The normalized spacial score (nSPS) is 12.0. The van der Waals surface area contributed by atoms with E-state index in [2.05, 4.69) is 10.2 Å². The molecule has 0 aliphatic rings. The first-order chi connectivity index (χ1) is 10.5. The van der Waals surface area contributed by atoms with Gasteiger partial charge in [-0.1, -0.05) is 24.3 Å². The zero-order chi connectivity index (χ0) is 16.3. The van der Waals surface area contributed by atoms with Gasteiger partial charge in [0, 0.05) is 6.07 Å². The molecule has 0 fully saturated rings. The number of hydrogen-bond acceptors (Lipinski definition) is 4. The number of nitrogens with zero attached hydrogens (tertiary/aromatic N) is 2. The smallest absolute Gasteiger partial charge is 0.353 e. The molecule has 1 aromatic heterocycles. The lowest BCUT2D eigenvalue weighted by Crippen LogP contribution is -2.33. The molecule has 2 rings (SSSR count). The van der Waals surface area contributed by atoms with Crippen molar-refractivity contribution in [3.8, 4) is 0 Å². The summed E-state index contributed by atoms with van der Waals surface area (Å²) in [4.78, 5) is 28.5. The number of carbonyl (C=O) groups is 2. The molecule has 0 saturated carbocycles. The van der Waals surface area contributed by atoms with E-state index in [4.69, 9.17) is 9.94 Å². The average Bonchev–Trinajstić information content (AvgIpc) is 2.98. The number of aryl methyl sites for hydroxylation is 1. The number of carboxylic acids is 1. The Balaban J connectivity index is 2.28. The lowest BCUT2D eigenvalue weighted by atomic mass is 10.0. The first-order valence-corrected chi connectivity index (χ1v) is 6.67. The summed E-state index contributed by atoms with van der Waals surface area (Å²) in [5.74, 6) is -1.69. The van der Waals surface area contributed by atoms with Gasteiger partial charge in [0.15, 0.2) is 5.69 Å². The van der Waals surface area contributed by atoms with Crippen LogP contribution in [0, 0.1) is 6.92 Å². The van der Waals surface area contributed by atoms with Crippen LogP contribution in [0.5, 0.6) is 0 Å². The molecular weight excluding hydrogens is 286 g/mol. The minimum absolute atomic E-state index is 0.0142. The van der Waals surface area contributed by atoms with E-state index in [1.165, 1.54) is 18.2 Å². The highest BCUT2D eigenvalue weighted by atomic mass is 16.7. The third-order valence-electron chi connectivity index (χ3n) is 3.41. The molecule has 1 amide bonds. The van der Waals surface area contributed by atoms with Crippen LogP contribution in [0.2, 0.25) is 0 Å². The van der Waals surface area contributed by atoms with Gasteiger partial charge < -0.3 is 5.11 Å². The predicted molar refractivity (Wildman–Crippen MR) is 78.3 cm³/mol. The topological polar surface area (TPSA) is 95.5 Å². The number of hydrogen-bond donors (Lipinski definition) is 2. The monoisotopic (exact) mass is 303 g/mol. The summed E-state index contributed by atoms with van der Waals surface area (Å²) < 4.78 is 0. The molecule has 7 nitrogen and oxygen atoms in total. The van der Waals surface area contributed by atoms with Crippen molar-refractivity contribution in [3.63, 3.8) is 0 Å². The average molecular weight is 303 g/mol. The number of amides is 1. The van der Waals surface area contributed by atoms with Crippen molar-refractivity contribution >= 4 is 11.9 Å². The highest BCUT2D eigenvalue weighted by Gasteiger charge is 2.26. The van der Waals surface area contributed by atoms with Gasteiger partial charge in [-0.15, -0.1) is 0 Å². The van der Waals surface area contributed by atoms with Crippen LogP contribution in [0.25, 0.3) is 0 Å². The van der Waals surface area contributed by atoms with Gasteiger partial charge in [0.05, 0.1) is 13.2 Å². The van der Waals surface area contributed by atoms with Gasteiger partial charge in [-0.25, -0.2) is 9.86 Å². The zero-order valence-electron chi connectivity index (χ0n) is 12.5. The van der Waals surface area contributed by atoms with E-state index in [-0.39, 0.29) is 17.4 Å². The molecule has 22 heavy (non-hydrogen) atoms. The van der Waals surface area contributed by atoms with Gasteiger partial charge >= 0.3 is 5.97 Å². The number of aromatic nitrogens is 2. The van der Waals surface area contributed by atoms with E-state index in [1.54, 1.807) is 0 Å². The third-order valence-corrected chi connectivity index (χ3v) is 3.41. The number of carbonyl (C=O) groups excluding carboxylic acids is 1. The van der Waals surface area contributed by atoms with Crippen LogP contribution in [0.4, 0.5) is 0 Å². The molecule has 1 aromatic carbocycles. The number of benzene rings is 1. The van der Waals surface area contributed by atoms with Crippen LogP contribution in [-0.2, 0) is 4.84 Å². The summed E-state index contributed by atoms with van der Waals surface area (Å²) in [7, 11) is 1.39. The van der Waals surface area contributed by atoms with Gasteiger partial charge in [0.2, 0.25) is 0 Å². The van der Waals surface area contributed by atoms with E-state index >= 15 is 0 Å². The number of hydroxylamine groups is 2. The Bertz CT molecular complexity index is 696. The Kier molecular flexibility index (Phi) is 4.57. The quantitative estimate of drug-likeness (QED) is 0.825. The zero-order valence-corrected chi connectivity index (χ0v) is 12.5. The standard InChI is InChI=1S/C15H17N3O4/c1-9-6-4-5-7-11(9)10(2)18(22-3)14(19)12-8-13(15(20)21)17-16-12/h4-8,10H,1-3H3,(H,16,17)(H,20,21). The Hall–Kier alpha value is -2.67. The lowest BCUT2D eigenvalue weighted by molar-refractivity contribution is -0.121. The molecular formula is C15H17N3O4. The first-order valence-electron chi connectivity index (χ1n) is 6.67. The van der Waals surface area contributed by atoms with Gasteiger partial charge in [-0.05, 0) is 25.0 Å². The van der Waals surface area contributed by atoms with Gasteiger partial charge in [0.1, 0.15) is 5.69 Å². The maximum Gasteiger partial charge on any atom is 0.353 e. The molecule has 0 spiro atoms. The number of aromatic carboxylic acids is 1. The minimum atomic E-state index is -1.18. The van der Waals surface area contributed by atoms with Crippen molar-refractivity contribution in [2.45, 2.75) is 19.9 Å². The molecule has 1 unspecified atom stereocenters. The van der Waals surface area contributed by atoms with E-state index < -0.39 is 11.9 Å². The summed E-state index contributed by atoms with van der Waals surface area (Å²) in [5, 5.41) is 16.1. The second-order valence-electron chi connectivity index (χ2n) is 4.82. The number of H-pyrrole nitrogens is 1. The fraction of sp³-hybridized carbons (Fsp3) is 0.267. The molecule has 0 radical (unpaired) electrons. The minimum Gasteiger partial charge on any atom is -0.477 e. The molecule has 0 aliphatic carbocycles. The second-order valence-corrected chi connectivity index (χ2v) is 4.82. The van der Waals surface area contributed by atoms with E-state index in [1.807, 2.05) is 38.1 Å². The van der Waals surface area contributed by atoms with Crippen molar-refractivity contribution in [2.24, 2.45) is 0 Å². The molecule has 7 heteroatoms. The highest BCUT2D eigenvalue weighted by molar-refractivity contribution is 5.95. The van der Waals surface area contributed by atoms with Crippen molar-refractivity contribution in [2.75, 3.05) is 7.11 Å². The largest absolute Gasteiger partial charge is 0.477 e. The SMILES string of the molecule is CON(C(=O)c1cc(C(=O)O)[nH]n1)C(C)c1ccccc1C. The van der Waals surface area contributed by atoms with Crippen molar-refractivity contribution in [1.29, 1.82) is 0 Å². The molecule has 1 atom stereocenters. The Morgan fingerprint density at radius 3 is 2.59 bits per heavy atom. The van der Waals surface area contributed by atoms with Crippen LogP contribution >= 0.6 is 0 Å². The fourth-order valence-electron chi connectivity index (χ4n) is 2.25.